The van der Waals surface area contributed by atoms with Gasteiger partial charge in [0.25, 0.3) is 5.91 Å². The molecule has 1 unspecified atom stereocenters. The summed E-state index contributed by atoms with van der Waals surface area (Å²) in [6, 6.07) is 19.8. The van der Waals surface area contributed by atoms with E-state index < -0.39 is 6.10 Å². The van der Waals surface area contributed by atoms with E-state index in [2.05, 4.69) is 10.1 Å². The van der Waals surface area contributed by atoms with Gasteiger partial charge in [-0.15, -0.1) is 0 Å². The Bertz CT molecular complexity index is 1010. The Kier molecular flexibility index (Phi) is 5.13. The quantitative estimate of drug-likeness (QED) is 0.656. The second-order valence-electron chi connectivity index (χ2n) is 7.89. The Morgan fingerprint density at radius 2 is 1.77 bits per heavy atom. The van der Waals surface area contributed by atoms with Crippen molar-refractivity contribution in [2.24, 2.45) is 0 Å². The Morgan fingerprint density at radius 1 is 1.00 bits per heavy atom. The Balaban J connectivity index is 1.37. The number of likely N-dealkylation sites (tertiary alicyclic amines) is 1. The van der Waals surface area contributed by atoms with Crippen molar-refractivity contribution in [3.05, 3.63) is 66.4 Å². The first-order valence-electron chi connectivity index (χ1n) is 10.6. The summed E-state index contributed by atoms with van der Waals surface area (Å²) >= 11 is 0. The minimum absolute atomic E-state index is 0.0827. The second kappa shape index (κ2) is 8.22. The van der Waals surface area contributed by atoms with E-state index in [1.54, 1.807) is 0 Å². The Hall–Kier alpha value is -3.28. The molecule has 1 aromatic heterocycles. The van der Waals surface area contributed by atoms with Crippen LogP contribution in [-0.4, -0.2) is 41.7 Å². The maximum atomic E-state index is 13.1. The molecule has 0 spiro atoms. The van der Waals surface area contributed by atoms with Crippen molar-refractivity contribution in [1.29, 1.82) is 0 Å². The summed E-state index contributed by atoms with van der Waals surface area (Å²) in [6.45, 7) is 2.70. The van der Waals surface area contributed by atoms with Gasteiger partial charge in [-0.05, 0) is 31.4 Å². The zero-order valence-electron chi connectivity index (χ0n) is 16.9. The molecule has 5 rings (SSSR count). The minimum atomic E-state index is -0.501. The molecule has 6 heteroatoms. The van der Waals surface area contributed by atoms with Crippen molar-refractivity contribution in [3.8, 4) is 17.1 Å². The highest BCUT2D eigenvalue weighted by atomic mass is 16.5. The summed E-state index contributed by atoms with van der Waals surface area (Å²) in [6.07, 6.45) is 2.83. The fourth-order valence-electron chi connectivity index (χ4n) is 4.22. The van der Waals surface area contributed by atoms with E-state index in [1.807, 2.05) is 65.6 Å². The van der Waals surface area contributed by atoms with Gasteiger partial charge in [-0.2, -0.15) is 0 Å². The number of anilines is 1. The minimum Gasteiger partial charge on any atom is -0.477 e. The highest BCUT2D eigenvalue weighted by Crippen LogP contribution is 2.35. The molecular weight excluding hydrogens is 378 g/mol. The van der Waals surface area contributed by atoms with Crippen molar-refractivity contribution in [2.45, 2.75) is 31.9 Å². The molecule has 3 aromatic rings. The largest absolute Gasteiger partial charge is 0.477 e. The van der Waals surface area contributed by atoms with Crippen molar-refractivity contribution >= 4 is 11.6 Å². The molecule has 30 heavy (non-hydrogen) atoms. The lowest BCUT2D eigenvalue weighted by atomic mass is 10.1. The van der Waals surface area contributed by atoms with Gasteiger partial charge in [0.05, 0.1) is 18.8 Å². The molecule has 1 amide bonds. The highest BCUT2D eigenvalue weighted by molar-refractivity contribution is 5.83. The molecule has 1 atom stereocenters. The predicted octanol–water partition coefficient (Wildman–Crippen LogP) is 4.12. The van der Waals surface area contributed by atoms with Crippen LogP contribution in [0.3, 0.4) is 0 Å². The van der Waals surface area contributed by atoms with Crippen LogP contribution < -0.4 is 9.64 Å². The first kappa shape index (κ1) is 18.7. The number of rotatable bonds is 4. The average Bonchev–Trinajstić information content (AvgIpc) is 3.28. The number of piperidine rings is 1. The van der Waals surface area contributed by atoms with Crippen LogP contribution in [0.5, 0.6) is 5.75 Å². The van der Waals surface area contributed by atoms with Crippen molar-refractivity contribution in [2.75, 3.05) is 24.5 Å². The standard InChI is InChI=1S/C24H25N3O3/c28-24(26-13-7-2-8-14-26)23-17-27(20-11-5-6-12-21(20)29-23)16-19-15-22(30-25-19)18-9-3-1-4-10-18/h1,3-6,9-12,15,23H,2,7-8,13-14,16-17H2. The maximum Gasteiger partial charge on any atom is 0.265 e. The van der Waals surface area contributed by atoms with Crippen LogP contribution in [0.2, 0.25) is 0 Å². The SMILES string of the molecule is O=C(C1CN(Cc2cc(-c3ccccc3)on2)c2ccccc2O1)N1CCCCC1. The van der Waals surface area contributed by atoms with Crippen LogP contribution in [0, 0.1) is 0 Å². The molecule has 0 saturated carbocycles. The molecule has 1 saturated heterocycles. The van der Waals surface area contributed by atoms with Crippen LogP contribution in [0.15, 0.2) is 65.2 Å². The molecule has 2 aliphatic heterocycles. The van der Waals surface area contributed by atoms with Gasteiger partial charge in [0.1, 0.15) is 11.4 Å². The molecule has 6 nitrogen and oxygen atoms in total. The van der Waals surface area contributed by atoms with E-state index in [-0.39, 0.29) is 5.91 Å². The molecular formula is C24H25N3O3. The summed E-state index contributed by atoms with van der Waals surface area (Å²) in [4.78, 5) is 17.2. The number of nitrogens with zero attached hydrogens (tertiary/aromatic N) is 3. The topological polar surface area (TPSA) is 58.8 Å². The van der Waals surface area contributed by atoms with Gasteiger partial charge in [-0.1, -0.05) is 47.6 Å². The summed E-state index contributed by atoms with van der Waals surface area (Å²) in [7, 11) is 0. The fraction of sp³-hybridized carbons (Fsp3) is 0.333. The number of ether oxygens (including phenoxy) is 1. The van der Waals surface area contributed by atoms with Gasteiger partial charge in [0, 0.05) is 24.7 Å². The molecule has 0 radical (unpaired) electrons. The van der Waals surface area contributed by atoms with Gasteiger partial charge >= 0.3 is 0 Å². The van der Waals surface area contributed by atoms with Crippen molar-refractivity contribution in [1.82, 2.24) is 10.1 Å². The smallest absolute Gasteiger partial charge is 0.265 e. The molecule has 0 N–H and O–H groups in total. The van der Waals surface area contributed by atoms with E-state index >= 15 is 0 Å². The van der Waals surface area contributed by atoms with Crippen molar-refractivity contribution < 1.29 is 14.1 Å². The molecule has 1 fully saturated rings. The van der Waals surface area contributed by atoms with Crippen LogP contribution in [0.4, 0.5) is 5.69 Å². The predicted molar refractivity (Wildman–Crippen MR) is 114 cm³/mol. The molecule has 2 aliphatic rings. The van der Waals surface area contributed by atoms with Gasteiger partial charge in [0.15, 0.2) is 11.9 Å². The lowest BCUT2D eigenvalue weighted by Crippen LogP contribution is -2.51. The van der Waals surface area contributed by atoms with Gasteiger partial charge < -0.3 is 19.1 Å². The second-order valence-corrected chi connectivity index (χ2v) is 7.89. The summed E-state index contributed by atoms with van der Waals surface area (Å²) in [5.74, 6) is 1.57. The third-order valence-corrected chi connectivity index (χ3v) is 5.77. The van der Waals surface area contributed by atoms with Crippen LogP contribution in [0.25, 0.3) is 11.3 Å². The van der Waals surface area contributed by atoms with Gasteiger partial charge in [0.2, 0.25) is 0 Å². The average molecular weight is 403 g/mol. The molecule has 3 heterocycles. The number of carbonyl (C=O) groups is 1. The van der Waals surface area contributed by atoms with Gasteiger partial charge in [-0.25, -0.2) is 0 Å². The van der Waals surface area contributed by atoms with E-state index in [0.717, 1.165) is 54.4 Å². The Morgan fingerprint density at radius 3 is 2.60 bits per heavy atom. The normalized spacial score (nSPS) is 18.6. The summed E-state index contributed by atoms with van der Waals surface area (Å²) in [5.41, 5.74) is 2.80. The third kappa shape index (κ3) is 3.77. The van der Waals surface area contributed by atoms with E-state index in [4.69, 9.17) is 9.26 Å². The van der Waals surface area contributed by atoms with Crippen LogP contribution in [0.1, 0.15) is 25.0 Å². The Labute approximate surface area is 176 Å². The van der Waals surface area contributed by atoms with E-state index in [1.165, 1.54) is 6.42 Å². The van der Waals surface area contributed by atoms with E-state index in [0.29, 0.717) is 13.1 Å². The molecule has 154 valence electrons. The molecule has 0 bridgehead atoms. The molecule has 2 aromatic carbocycles. The lowest BCUT2D eigenvalue weighted by molar-refractivity contribution is -0.139. The monoisotopic (exact) mass is 403 g/mol. The zero-order chi connectivity index (χ0) is 20.3. The van der Waals surface area contributed by atoms with Crippen LogP contribution in [-0.2, 0) is 11.3 Å². The first-order chi connectivity index (χ1) is 14.8. The van der Waals surface area contributed by atoms with E-state index in [9.17, 15) is 4.79 Å². The fourth-order valence-corrected chi connectivity index (χ4v) is 4.22. The number of amides is 1. The van der Waals surface area contributed by atoms with Crippen LogP contribution >= 0.6 is 0 Å². The third-order valence-electron chi connectivity index (χ3n) is 5.77. The highest BCUT2D eigenvalue weighted by Gasteiger charge is 2.34. The van der Waals surface area contributed by atoms with Gasteiger partial charge in [-0.3, -0.25) is 4.79 Å². The lowest BCUT2D eigenvalue weighted by Gasteiger charge is -2.38. The number of hydrogen-bond acceptors (Lipinski definition) is 5. The number of benzene rings is 2. The number of hydrogen-bond donors (Lipinski definition) is 0. The van der Waals surface area contributed by atoms with Crippen molar-refractivity contribution in [3.63, 3.8) is 0 Å². The number of fused-ring (bicyclic) bond motifs is 1. The number of aromatic nitrogens is 1. The summed E-state index contributed by atoms with van der Waals surface area (Å²) in [5, 5.41) is 4.27. The number of carbonyl (C=O) groups excluding carboxylic acids is 1. The first-order valence-corrected chi connectivity index (χ1v) is 10.6. The number of para-hydroxylation sites is 2. The summed E-state index contributed by atoms with van der Waals surface area (Å²) < 4.78 is 11.7. The molecule has 0 aliphatic carbocycles. The zero-order valence-corrected chi connectivity index (χ0v) is 16.9. The maximum absolute atomic E-state index is 13.1.